The highest BCUT2D eigenvalue weighted by Gasteiger charge is 2.03. The minimum absolute atomic E-state index is 0.000136. The number of likely N-dealkylation sites (N-methyl/N-ethyl adjacent to an activating group) is 1. The highest BCUT2D eigenvalue weighted by Crippen LogP contribution is 2.17. The second kappa shape index (κ2) is 3.52. The van der Waals surface area contributed by atoms with Crippen molar-refractivity contribution in [3.05, 3.63) is 23.6 Å². The number of allylic oxidation sites excluding steroid dienone is 3. The summed E-state index contributed by atoms with van der Waals surface area (Å²) < 4.78 is 12.4. The predicted octanol–water partition coefficient (Wildman–Crippen LogP) is 1.78. The zero-order valence-electron chi connectivity index (χ0n) is 6.15. The van der Waals surface area contributed by atoms with Gasteiger partial charge < -0.3 is 5.32 Å². The molecule has 0 atom stereocenters. The van der Waals surface area contributed by atoms with Gasteiger partial charge in [-0.1, -0.05) is 11.6 Å². The zero-order chi connectivity index (χ0) is 7.40. The molecule has 1 nitrogen and oxygen atoms in total. The molecule has 0 radical (unpaired) electrons. The summed E-state index contributed by atoms with van der Waals surface area (Å²) in [6.07, 6.45) is 4.85. The first-order valence-electron chi connectivity index (χ1n) is 3.51. The molecule has 1 N–H and O–H groups in total. The van der Waals surface area contributed by atoms with E-state index in [1.54, 1.807) is 6.08 Å². The molecule has 0 aromatic rings. The lowest BCUT2D eigenvalue weighted by Gasteiger charge is -2.08. The molecule has 0 aromatic carbocycles. The van der Waals surface area contributed by atoms with Gasteiger partial charge in [-0.2, -0.15) is 0 Å². The Hall–Kier alpha value is -0.630. The minimum Gasteiger partial charge on any atom is -0.316 e. The molecule has 0 bridgehead atoms. The minimum atomic E-state index is -0.000136. The Morgan fingerprint density at radius 1 is 1.50 bits per heavy atom. The highest BCUT2D eigenvalue weighted by atomic mass is 19.1. The van der Waals surface area contributed by atoms with Crippen molar-refractivity contribution in [2.24, 2.45) is 0 Å². The number of rotatable bonds is 2. The molecule has 1 rings (SSSR count). The Bertz CT molecular complexity index is 166. The van der Waals surface area contributed by atoms with E-state index in [2.05, 4.69) is 5.32 Å². The average Bonchev–Trinajstić information content (AvgIpc) is 1.95. The van der Waals surface area contributed by atoms with Crippen LogP contribution < -0.4 is 5.32 Å². The summed E-state index contributed by atoms with van der Waals surface area (Å²) in [5.41, 5.74) is 1.28. The van der Waals surface area contributed by atoms with Gasteiger partial charge in [0.15, 0.2) is 0 Å². The topological polar surface area (TPSA) is 12.0 Å². The predicted molar refractivity (Wildman–Crippen MR) is 40.4 cm³/mol. The summed E-state index contributed by atoms with van der Waals surface area (Å²) in [7, 11) is 1.90. The fourth-order valence-electron chi connectivity index (χ4n) is 1.03. The van der Waals surface area contributed by atoms with Crippen molar-refractivity contribution in [3.8, 4) is 0 Å². The standard InChI is InChI=1S/C8H12FN/c1-10-6-7-2-4-8(9)5-3-7/h2,4,10H,3,5-6H2,1H3. The largest absolute Gasteiger partial charge is 0.316 e. The van der Waals surface area contributed by atoms with E-state index in [9.17, 15) is 4.39 Å². The molecule has 0 aromatic heterocycles. The van der Waals surface area contributed by atoms with E-state index >= 15 is 0 Å². The maximum absolute atomic E-state index is 12.4. The summed E-state index contributed by atoms with van der Waals surface area (Å²) in [6.45, 7) is 0.879. The van der Waals surface area contributed by atoms with E-state index in [0.717, 1.165) is 13.0 Å². The number of nitrogens with one attached hydrogen (secondary N) is 1. The smallest absolute Gasteiger partial charge is 0.100 e. The molecular formula is C8H12FN. The lowest BCUT2D eigenvalue weighted by molar-refractivity contribution is 0.578. The molecule has 0 fully saturated rings. The third kappa shape index (κ3) is 1.95. The molecule has 0 heterocycles. The number of halogens is 1. The summed E-state index contributed by atoms with van der Waals surface area (Å²) in [5.74, 6) is -0.000136. The molecule has 0 spiro atoms. The monoisotopic (exact) mass is 141 g/mol. The maximum atomic E-state index is 12.4. The van der Waals surface area contributed by atoms with Gasteiger partial charge in [-0.25, -0.2) is 4.39 Å². The molecule has 0 saturated heterocycles. The van der Waals surface area contributed by atoms with Crippen molar-refractivity contribution >= 4 is 0 Å². The summed E-state index contributed by atoms with van der Waals surface area (Å²) >= 11 is 0. The SMILES string of the molecule is CNCC1=CC=C(F)CC1. The van der Waals surface area contributed by atoms with Gasteiger partial charge in [0.25, 0.3) is 0 Å². The van der Waals surface area contributed by atoms with Crippen LogP contribution in [0.5, 0.6) is 0 Å². The molecule has 10 heavy (non-hydrogen) atoms. The van der Waals surface area contributed by atoms with E-state index < -0.39 is 0 Å². The third-order valence-corrected chi connectivity index (χ3v) is 1.59. The summed E-state index contributed by atoms with van der Waals surface area (Å²) in [4.78, 5) is 0. The normalized spacial score (nSPS) is 18.2. The van der Waals surface area contributed by atoms with Crippen LogP contribution in [0.2, 0.25) is 0 Å². The molecule has 0 aliphatic heterocycles. The fraction of sp³-hybridized carbons (Fsp3) is 0.500. The highest BCUT2D eigenvalue weighted by molar-refractivity contribution is 5.21. The van der Waals surface area contributed by atoms with Gasteiger partial charge in [0, 0.05) is 13.0 Å². The third-order valence-electron chi connectivity index (χ3n) is 1.59. The first kappa shape index (κ1) is 7.48. The van der Waals surface area contributed by atoms with Gasteiger partial charge in [0.05, 0.1) is 0 Å². The Balaban J connectivity index is 2.47. The van der Waals surface area contributed by atoms with Crippen molar-refractivity contribution < 1.29 is 4.39 Å². The zero-order valence-corrected chi connectivity index (χ0v) is 6.15. The molecule has 56 valence electrons. The van der Waals surface area contributed by atoms with Crippen molar-refractivity contribution in [1.29, 1.82) is 0 Å². The fourth-order valence-corrected chi connectivity index (χ4v) is 1.03. The van der Waals surface area contributed by atoms with Crippen LogP contribution in [-0.2, 0) is 0 Å². The van der Waals surface area contributed by atoms with Crippen LogP contribution in [0.4, 0.5) is 4.39 Å². The van der Waals surface area contributed by atoms with E-state index in [-0.39, 0.29) is 5.83 Å². The van der Waals surface area contributed by atoms with Gasteiger partial charge in [0.2, 0.25) is 0 Å². The molecular weight excluding hydrogens is 129 g/mol. The molecule has 1 aliphatic carbocycles. The van der Waals surface area contributed by atoms with Crippen LogP contribution in [0.25, 0.3) is 0 Å². The Morgan fingerprint density at radius 2 is 2.30 bits per heavy atom. The van der Waals surface area contributed by atoms with E-state index in [4.69, 9.17) is 0 Å². The van der Waals surface area contributed by atoms with Gasteiger partial charge >= 0.3 is 0 Å². The van der Waals surface area contributed by atoms with Gasteiger partial charge in [-0.15, -0.1) is 0 Å². The van der Waals surface area contributed by atoms with Crippen molar-refractivity contribution in [2.75, 3.05) is 13.6 Å². The van der Waals surface area contributed by atoms with E-state index in [0.29, 0.717) is 6.42 Å². The molecule has 2 heteroatoms. The molecule has 0 amide bonds. The average molecular weight is 141 g/mol. The second-order valence-electron chi connectivity index (χ2n) is 2.47. The first-order valence-corrected chi connectivity index (χ1v) is 3.51. The Morgan fingerprint density at radius 3 is 2.80 bits per heavy atom. The quantitative estimate of drug-likeness (QED) is 0.618. The van der Waals surface area contributed by atoms with Crippen LogP contribution >= 0.6 is 0 Å². The molecule has 1 aliphatic rings. The van der Waals surface area contributed by atoms with Gasteiger partial charge in [-0.3, -0.25) is 0 Å². The van der Waals surface area contributed by atoms with E-state index in [1.807, 2.05) is 13.1 Å². The van der Waals surface area contributed by atoms with Gasteiger partial charge in [-0.05, 0) is 19.5 Å². The lowest BCUT2D eigenvalue weighted by atomic mass is 10.0. The van der Waals surface area contributed by atoms with E-state index in [1.165, 1.54) is 5.57 Å². The van der Waals surface area contributed by atoms with Crippen molar-refractivity contribution in [2.45, 2.75) is 12.8 Å². The second-order valence-corrected chi connectivity index (χ2v) is 2.47. The molecule has 0 unspecified atom stereocenters. The Labute approximate surface area is 60.6 Å². The molecule has 0 saturated carbocycles. The van der Waals surface area contributed by atoms with Crippen LogP contribution in [0.3, 0.4) is 0 Å². The van der Waals surface area contributed by atoms with Crippen LogP contribution in [0, 0.1) is 0 Å². The Kier molecular flexibility index (Phi) is 2.63. The number of hydrogen-bond donors (Lipinski definition) is 1. The lowest BCUT2D eigenvalue weighted by Crippen LogP contribution is -2.11. The van der Waals surface area contributed by atoms with Gasteiger partial charge in [0.1, 0.15) is 5.83 Å². The summed E-state index contributed by atoms with van der Waals surface area (Å²) in [6, 6.07) is 0. The maximum Gasteiger partial charge on any atom is 0.100 e. The summed E-state index contributed by atoms with van der Waals surface area (Å²) in [5, 5.41) is 3.03. The van der Waals surface area contributed by atoms with Crippen LogP contribution in [-0.4, -0.2) is 13.6 Å². The van der Waals surface area contributed by atoms with Crippen LogP contribution in [0.1, 0.15) is 12.8 Å². The van der Waals surface area contributed by atoms with Crippen LogP contribution in [0.15, 0.2) is 23.6 Å². The first-order chi connectivity index (χ1) is 4.83. The van der Waals surface area contributed by atoms with Crippen molar-refractivity contribution in [1.82, 2.24) is 5.32 Å². The van der Waals surface area contributed by atoms with Crippen molar-refractivity contribution in [3.63, 3.8) is 0 Å². The number of hydrogen-bond acceptors (Lipinski definition) is 1.